The molecule has 0 aromatic heterocycles. The van der Waals surface area contributed by atoms with Gasteiger partial charge in [0.2, 0.25) is 0 Å². The van der Waals surface area contributed by atoms with Crippen LogP contribution in [0.25, 0.3) is 0 Å². The van der Waals surface area contributed by atoms with Crippen molar-refractivity contribution in [3.63, 3.8) is 0 Å². The van der Waals surface area contributed by atoms with Crippen molar-refractivity contribution in [3.8, 4) is 11.5 Å². The second kappa shape index (κ2) is 7.34. The second-order valence-electron chi connectivity index (χ2n) is 5.65. The summed E-state index contributed by atoms with van der Waals surface area (Å²) in [5.74, 6) is 1.26. The average Bonchev–Trinajstić information content (AvgIpc) is 3.32. The molecule has 0 amide bonds. The fraction of sp³-hybridized carbons (Fsp3) is 0.625. The lowest BCUT2D eigenvalue weighted by Gasteiger charge is -2.25. The Morgan fingerprint density at radius 1 is 1.33 bits per heavy atom. The Labute approximate surface area is 132 Å². The van der Waals surface area contributed by atoms with E-state index < -0.39 is 0 Å². The van der Waals surface area contributed by atoms with Gasteiger partial charge in [-0.25, -0.2) is 0 Å². The molecule has 118 valence electrons. The maximum Gasteiger partial charge on any atom is 0.179 e. The van der Waals surface area contributed by atoms with Crippen molar-refractivity contribution in [3.05, 3.63) is 22.7 Å². The van der Waals surface area contributed by atoms with E-state index in [1.807, 2.05) is 12.1 Å². The van der Waals surface area contributed by atoms with Crippen molar-refractivity contribution >= 4 is 11.6 Å². The summed E-state index contributed by atoms with van der Waals surface area (Å²) < 4.78 is 10.6. The van der Waals surface area contributed by atoms with Gasteiger partial charge in [0, 0.05) is 25.2 Å². The molecular formula is C16H25ClN2O2. The molecule has 1 fully saturated rings. The van der Waals surface area contributed by atoms with E-state index in [1.54, 1.807) is 14.2 Å². The monoisotopic (exact) mass is 312 g/mol. The standard InChI is InChI=1S/C16H25ClN2O2/c1-11(19(2)13-6-7-13)9-18-10-12-5-8-14(20-3)16(21-4)15(12)17/h5,8,11,13,18H,6-7,9-10H2,1-4H3. The van der Waals surface area contributed by atoms with Gasteiger partial charge in [-0.2, -0.15) is 0 Å². The highest BCUT2D eigenvalue weighted by Crippen LogP contribution is 2.37. The summed E-state index contributed by atoms with van der Waals surface area (Å²) in [7, 11) is 5.42. The molecule has 1 unspecified atom stereocenters. The van der Waals surface area contributed by atoms with Gasteiger partial charge in [0.15, 0.2) is 11.5 Å². The van der Waals surface area contributed by atoms with Crippen LogP contribution in [-0.4, -0.2) is 44.8 Å². The second-order valence-corrected chi connectivity index (χ2v) is 6.03. The maximum absolute atomic E-state index is 6.38. The molecule has 21 heavy (non-hydrogen) atoms. The minimum Gasteiger partial charge on any atom is -0.493 e. The van der Waals surface area contributed by atoms with E-state index in [2.05, 4.69) is 24.2 Å². The molecule has 0 radical (unpaired) electrons. The summed E-state index contributed by atoms with van der Waals surface area (Å²) in [5.41, 5.74) is 1.02. The molecule has 1 aromatic carbocycles. The molecule has 1 aromatic rings. The van der Waals surface area contributed by atoms with Gasteiger partial charge >= 0.3 is 0 Å². The Bertz CT molecular complexity index is 478. The van der Waals surface area contributed by atoms with E-state index in [1.165, 1.54) is 12.8 Å². The van der Waals surface area contributed by atoms with Crippen LogP contribution >= 0.6 is 11.6 Å². The van der Waals surface area contributed by atoms with Crippen LogP contribution in [0.5, 0.6) is 11.5 Å². The first-order chi connectivity index (χ1) is 10.1. The van der Waals surface area contributed by atoms with E-state index >= 15 is 0 Å². The van der Waals surface area contributed by atoms with E-state index in [4.69, 9.17) is 21.1 Å². The Hall–Kier alpha value is -0.970. The normalized spacial score (nSPS) is 16.1. The summed E-state index contributed by atoms with van der Waals surface area (Å²) in [6.45, 7) is 3.92. The van der Waals surface area contributed by atoms with Crippen molar-refractivity contribution < 1.29 is 9.47 Å². The van der Waals surface area contributed by atoms with Crippen LogP contribution in [0.15, 0.2) is 12.1 Å². The number of nitrogens with one attached hydrogen (secondary N) is 1. The largest absolute Gasteiger partial charge is 0.493 e. The van der Waals surface area contributed by atoms with Gasteiger partial charge in [-0.05, 0) is 38.4 Å². The number of methoxy groups -OCH3 is 2. The van der Waals surface area contributed by atoms with Crippen molar-refractivity contribution in [2.24, 2.45) is 0 Å². The fourth-order valence-corrected chi connectivity index (χ4v) is 2.77. The molecule has 1 saturated carbocycles. The fourth-order valence-electron chi connectivity index (χ4n) is 2.47. The highest BCUT2D eigenvalue weighted by molar-refractivity contribution is 6.33. The molecule has 2 rings (SSSR count). The molecule has 4 nitrogen and oxygen atoms in total. The molecule has 5 heteroatoms. The lowest BCUT2D eigenvalue weighted by Crippen LogP contribution is -2.38. The number of nitrogens with zero attached hydrogens (tertiary/aromatic N) is 1. The molecule has 1 N–H and O–H groups in total. The van der Waals surface area contributed by atoms with Gasteiger partial charge in [0.1, 0.15) is 0 Å². The Morgan fingerprint density at radius 2 is 2.05 bits per heavy atom. The van der Waals surface area contributed by atoms with Crippen LogP contribution in [0.3, 0.4) is 0 Å². The number of likely N-dealkylation sites (N-methyl/N-ethyl adjacent to an activating group) is 1. The number of rotatable bonds is 8. The van der Waals surface area contributed by atoms with Gasteiger partial charge in [0.05, 0.1) is 19.2 Å². The lowest BCUT2D eigenvalue weighted by molar-refractivity contribution is 0.241. The number of hydrogen-bond donors (Lipinski definition) is 1. The third kappa shape index (κ3) is 4.02. The molecule has 0 saturated heterocycles. The average molecular weight is 313 g/mol. The topological polar surface area (TPSA) is 33.7 Å². The van der Waals surface area contributed by atoms with E-state index in [-0.39, 0.29) is 0 Å². The van der Waals surface area contributed by atoms with Crippen LogP contribution in [0.1, 0.15) is 25.3 Å². The molecule has 0 heterocycles. The summed E-state index contributed by atoms with van der Waals surface area (Å²) in [6.07, 6.45) is 2.67. The highest BCUT2D eigenvalue weighted by atomic mass is 35.5. The van der Waals surface area contributed by atoms with Crippen LogP contribution in [0.2, 0.25) is 5.02 Å². The molecule has 1 aliphatic rings. The smallest absolute Gasteiger partial charge is 0.179 e. The molecule has 1 atom stereocenters. The lowest BCUT2D eigenvalue weighted by atomic mass is 10.2. The van der Waals surface area contributed by atoms with Gasteiger partial charge in [-0.15, -0.1) is 0 Å². The minimum absolute atomic E-state index is 0.524. The first-order valence-corrected chi connectivity index (χ1v) is 7.78. The van der Waals surface area contributed by atoms with Gasteiger partial charge in [-0.3, -0.25) is 4.90 Å². The molecule has 0 aliphatic heterocycles. The molecule has 0 spiro atoms. The van der Waals surface area contributed by atoms with Crippen molar-refractivity contribution in [1.29, 1.82) is 0 Å². The number of ether oxygens (including phenoxy) is 2. The van der Waals surface area contributed by atoms with Crippen molar-refractivity contribution in [1.82, 2.24) is 10.2 Å². The van der Waals surface area contributed by atoms with Crippen LogP contribution in [0, 0.1) is 0 Å². The first kappa shape index (κ1) is 16.4. The van der Waals surface area contributed by atoms with Crippen LogP contribution < -0.4 is 14.8 Å². The van der Waals surface area contributed by atoms with Gasteiger partial charge in [-0.1, -0.05) is 17.7 Å². The number of benzene rings is 1. The summed E-state index contributed by atoms with van der Waals surface area (Å²) >= 11 is 6.38. The molecule has 1 aliphatic carbocycles. The predicted molar refractivity (Wildman–Crippen MR) is 86.5 cm³/mol. The number of hydrogen-bond acceptors (Lipinski definition) is 4. The third-order valence-corrected chi connectivity index (χ3v) is 4.55. The first-order valence-electron chi connectivity index (χ1n) is 7.40. The molecular weight excluding hydrogens is 288 g/mol. The van der Waals surface area contributed by atoms with Crippen molar-refractivity contribution in [2.45, 2.75) is 38.4 Å². The summed E-state index contributed by atoms with van der Waals surface area (Å²) in [4.78, 5) is 2.45. The van der Waals surface area contributed by atoms with E-state index in [0.29, 0.717) is 22.6 Å². The van der Waals surface area contributed by atoms with Gasteiger partial charge in [0.25, 0.3) is 0 Å². The quantitative estimate of drug-likeness (QED) is 0.800. The summed E-state index contributed by atoms with van der Waals surface area (Å²) in [5, 5.41) is 4.09. The van der Waals surface area contributed by atoms with Crippen LogP contribution in [0.4, 0.5) is 0 Å². The van der Waals surface area contributed by atoms with Gasteiger partial charge < -0.3 is 14.8 Å². The summed E-state index contributed by atoms with van der Waals surface area (Å²) in [6, 6.07) is 5.18. The zero-order valence-electron chi connectivity index (χ0n) is 13.3. The van der Waals surface area contributed by atoms with Crippen molar-refractivity contribution in [2.75, 3.05) is 27.8 Å². The predicted octanol–water partition coefficient (Wildman–Crippen LogP) is 2.93. The Kier molecular flexibility index (Phi) is 5.73. The molecule has 0 bridgehead atoms. The Morgan fingerprint density at radius 3 is 2.62 bits per heavy atom. The highest BCUT2D eigenvalue weighted by Gasteiger charge is 2.28. The maximum atomic E-state index is 6.38. The third-order valence-electron chi connectivity index (χ3n) is 4.14. The Balaban J connectivity index is 1.90. The zero-order chi connectivity index (χ0) is 15.4. The SMILES string of the molecule is COc1ccc(CNCC(C)N(C)C2CC2)c(Cl)c1OC. The van der Waals surface area contributed by atoms with E-state index in [0.717, 1.165) is 24.7 Å². The van der Waals surface area contributed by atoms with E-state index in [9.17, 15) is 0 Å². The number of halogens is 1. The van der Waals surface area contributed by atoms with Crippen LogP contribution in [-0.2, 0) is 6.54 Å². The zero-order valence-corrected chi connectivity index (χ0v) is 14.0. The minimum atomic E-state index is 0.524.